The Kier molecular flexibility index (Phi) is 2.74. The zero-order chi connectivity index (χ0) is 10.5. The van der Waals surface area contributed by atoms with E-state index in [0.29, 0.717) is 6.41 Å². The van der Waals surface area contributed by atoms with Crippen LogP contribution in [-0.2, 0) is 4.79 Å². The van der Waals surface area contributed by atoms with Gasteiger partial charge in [-0.3, -0.25) is 9.78 Å². The van der Waals surface area contributed by atoms with E-state index in [1.807, 2.05) is 36.4 Å². The fourth-order valence-electron chi connectivity index (χ4n) is 1.40. The van der Waals surface area contributed by atoms with Gasteiger partial charge < -0.3 is 5.32 Å². The lowest BCUT2D eigenvalue weighted by Gasteiger charge is -2.03. The molecule has 0 fully saturated rings. The maximum atomic E-state index is 10.3. The van der Waals surface area contributed by atoms with Gasteiger partial charge in [-0.1, -0.05) is 12.1 Å². The molecule has 0 aliphatic rings. The minimum absolute atomic E-state index is 0.672. The SMILES string of the molecule is O=CNc1cccc(-c2ccncc2)c1. The van der Waals surface area contributed by atoms with Gasteiger partial charge in [-0.25, -0.2) is 0 Å². The van der Waals surface area contributed by atoms with Crippen molar-refractivity contribution in [3.63, 3.8) is 0 Å². The molecular weight excluding hydrogens is 188 g/mol. The highest BCUT2D eigenvalue weighted by atomic mass is 16.1. The Hall–Kier alpha value is -2.16. The van der Waals surface area contributed by atoms with Crippen molar-refractivity contribution in [2.24, 2.45) is 0 Å². The number of anilines is 1. The quantitative estimate of drug-likeness (QED) is 0.769. The summed E-state index contributed by atoms with van der Waals surface area (Å²) < 4.78 is 0. The number of hydrogen-bond acceptors (Lipinski definition) is 2. The zero-order valence-corrected chi connectivity index (χ0v) is 8.05. The first-order valence-electron chi connectivity index (χ1n) is 4.61. The monoisotopic (exact) mass is 198 g/mol. The maximum Gasteiger partial charge on any atom is 0.211 e. The number of amides is 1. The van der Waals surface area contributed by atoms with E-state index in [1.165, 1.54) is 0 Å². The zero-order valence-electron chi connectivity index (χ0n) is 8.05. The van der Waals surface area contributed by atoms with Gasteiger partial charge in [-0.15, -0.1) is 0 Å². The molecule has 0 unspecified atom stereocenters. The molecule has 0 atom stereocenters. The van der Waals surface area contributed by atoms with Gasteiger partial charge in [0, 0.05) is 18.1 Å². The topological polar surface area (TPSA) is 42.0 Å². The summed E-state index contributed by atoms with van der Waals surface area (Å²) in [6.45, 7) is 0. The van der Waals surface area contributed by atoms with Crippen molar-refractivity contribution < 1.29 is 4.79 Å². The van der Waals surface area contributed by atoms with Crippen LogP contribution in [0, 0.1) is 0 Å². The summed E-state index contributed by atoms with van der Waals surface area (Å²) in [6.07, 6.45) is 4.16. The minimum Gasteiger partial charge on any atom is -0.329 e. The Balaban J connectivity index is 2.37. The third-order valence-corrected chi connectivity index (χ3v) is 2.10. The average Bonchev–Trinajstić information content (AvgIpc) is 2.31. The summed E-state index contributed by atoms with van der Waals surface area (Å²) in [4.78, 5) is 14.3. The molecule has 74 valence electrons. The van der Waals surface area contributed by atoms with E-state index < -0.39 is 0 Å². The number of benzene rings is 1. The van der Waals surface area contributed by atoms with E-state index in [4.69, 9.17) is 0 Å². The van der Waals surface area contributed by atoms with Crippen LogP contribution < -0.4 is 5.32 Å². The minimum atomic E-state index is 0.672. The molecule has 2 aromatic rings. The summed E-state index contributed by atoms with van der Waals surface area (Å²) in [5.41, 5.74) is 2.93. The van der Waals surface area contributed by atoms with Gasteiger partial charge in [0.1, 0.15) is 0 Å². The van der Waals surface area contributed by atoms with Crippen LogP contribution in [0.15, 0.2) is 48.8 Å². The average molecular weight is 198 g/mol. The molecule has 1 heterocycles. The van der Waals surface area contributed by atoms with Crippen LogP contribution in [0.5, 0.6) is 0 Å². The van der Waals surface area contributed by atoms with Gasteiger partial charge >= 0.3 is 0 Å². The normalized spacial score (nSPS) is 9.60. The van der Waals surface area contributed by atoms with Crippen LogP contribution in [0.2, 0.25) is 0 Å². The van der Waals surface area contributed by atoms with Crippen molar-refractivity contribution in [1.82, 2.24) is 4.98 Å². The highest BCUT2D eigenvalue weighted by molar-refractivity contribution is 5.75. The molecule has 1 aromatic carbocycles. The summed E-state index contributed by atoms with van der Waals surface area (Å²) in [5, 5.41) is 2.62. The van der Waals surface area contributed by atoms with Gasteiger partial charge in [-0.05, 0) is 35.4 Å². The lowest BCUT2D eigenvalue weighted by atomic mass is 10.1. The van der Waals surface area contributed by atoms with Crippen molar-refractivity contribution >= 4 is 12.1 Å². The summed E-state index contributed by atoms with van der Waals surface area (Å²) in [7, 11) is 0. The summed E-state index contributed by atoms with van der Waals surface area (Å²) >= 11 is 0. The highest BCUT2D eigenvalue weighted by Gasteiger charge is 1.97. The molecule has 1 N–H and O–H groups in total. The predicted octanol–water partition coefficient (Wildman–Crippen LogP) is 2.32. The van der Waals surface area contributed by atoms with Gasteiger partial charge in [-0.2, -0.15) is 0 Å². The van der Waals surface area contributed by atoms with Crippen LogP contribution in [0.3, 0.4) is 0 Å². The van der Waals surface area contributed by atoms with Crippen molar-refractivity contribution in [2.75, 3.05) is 5.32 Å². The lowest BCUT2D eigenvalue weighted by molar-refractivity contribution is -0.105. The van der Waals surface area contributed by atoms with Crippen LogP contribution in [-0.4, -0.2) is 11.4 Å². The van der Waals surface area contributed by atoms with Crippen LogP contribution in [0.1, 0.15) is 0 Å². The second-order valence-electron chi connectivity index (χ2n) is 3.08. The number of pyridine rings is 1. The first-order chi connectivity index (χ1) is 7.40. The number of nitrogens with zero attached hydrogens (tertiary/aromatic N) is 1. The lowest BCUT2D eigenvalue weighted by Crippen LogP contribution is -1.93. The first-order valence-corrected chi connectivity index (χ1v) is 4.61. The second kappa shape index (κ2) is 4.37. The van der Waals surface area contributed by atoms with Crippen molar-refractivity contribution in [1.29, 1.82) is 0 Å². The number of nitrogens with one attached hydrogen (secondary N) is 1. The molecule has 0 radical (unpaired) electrons. The van der Waals surface area contributed by atoms with E-state index in [0.717, 1.165) is 16.8 Å². The molecule has 0 saturated heterocycles. The number of carbonyl (C=O) groups is 1. The molecule has 15 heavy (non-hydrogen) atoms. The number of hydrogen-bond donors (Lipinski definition) is 1. The largest absolute Gasteiger partial charge is 0.329 e. The first kappa shape index (κ1) is 9.40. The number of aromatic nitrogens is 1. The molecule has 0 aliphatic heterocycles. The molecule has 1 amide bonds. The van der Waals surface area contributed by atoms with E-state index in [-0.39, 0.29) is 0 Å². The van der Waals surface area contributed by atoms with E-state index in [9.17, 15) is 4.79 Å². The third kappa shape index (κ3) is 2.20. The van der Waals surface area contributed by atoms with Crippen LogP contribution >= 0.6 is 0 Å². The second-order valence-corrected chi connectivity index (χ2v) is 3.08. The molecule has 0 bridgehead atoms. The molecule has 0 aliphatic carbocycles. The predicted molar refractivity (Wildman–Crippen MR) is 59.4 cm³/mol. The molecule has 1 aromatic heterocycles. The summed E-state index contributed by atoms with van der Waals surface area (Å²) in [6, 6.07) is 11.5. The smallest absolute Gasteiger partial charge is 0.211 e. The van der Waals surface area contributed by atoms with Gasteiger partial charge in [0.25, 0.3) is 0 Å². The Labute approximate surface area is 87.8 Å². The molecule has 0 saturated carbocycles. The van der Waals surface area contributed by atoms with Gasteiger partial charge in [0.05, 0.1) is 0 Å². The van der Waals surface area contributed by atoms with Crippen molar-refractivity contribution in [3.05, 3.63) is 48.8 Å². The standard InChI is InChI=1S/C12H10N2O/c15-9-14-12-3-1-2-11(8-12)10-4-6-13-7-5-10/h1-9H,(H,14,15). The molecule has 3 nitrogen and oxygen atoms in total. The Morgan fingerprint density at radius 1 is 1.07 bits per heavy atom. The Morgan fingerprint density at radius 3 is 2.60 bits per heavy atom. The maximum absolute atomic E-state index is 10.3. The number of carbonyl (C=O) groups excluding carboxylic acids is 1. The Morgan fingerprint density at radius 2 is 1.87 bits per heavy atom. The highest BCUT2D eigenvalue weighted by Crippen LogP contribution is 2.21. The molecule has 3 heteroatoms. The molecule has 0 spiro atoms. The van der Waals surface area contributed by atoms with Gasteiger partial charge in [0.15, 0.2) is 0 Å². The van der Waals surface area contributed by atoms with Gasteiger partial charge in [0.2, 0.25) is 6.41 Å². The number of rotatable bonds is 3. The fourth-order valence-corrected chi connectivity index (χ4v) is 1.40. The Bertz CT molecular complexity index is 454. The molecule has 2 rings (SSSR count). The molecular formula is C12H10N2O. The van der Waals surface area contributed by atoms with Crippen LogP contribution in [0.4, 0.5) is 5.69 Å². The van der Waals surface area contributed by atoms with Crippen molar-refractivity contribution in [3.8, 4) is 11.1 Å². The summed E-state index contributed by atoms with van der Waals surface area (Å²) in [5.74, 6) is 0. The van der Waals surface area contributed by atoms with Crippen LogP contribution in [0.25, 0.3) is 11.1 Å². The van der Waals surface area contributed by atoms with E-state index >= 15 is 0 Å². The van der Waals surface area contributed by atoms with E-state index in [2.05, 4.69) is 10.3 Å². The fraction of sp³-hybridized carbons (Fsp3) is 0. The van der Waals surface area contributed by atoms with E-state index in [1.54, 1.807) is 12.4 Å². The van der Waals surface area contributed by atoms with Crippen molar-refractivity contribution in [2.45, 2.75) is 0 Å². The third-order valence-electron chi connectivity index (χ3n) is 2.10.